The van der Waals surface area contributed by atoms with E-state index in [2.05, 4.69) is 62.7 Å². The fraction of sp³-hybridized carbons (Fsp3) is 0.611. The van der Waals surface area contributed by atoms with Crippen molar-refractivity contribution in [3.8, 4) is 11.1 Å². The first kappa shape index (κ1) is 35.4. The molecule has 0 unspecified atom stereocenters. The quantitative estimate of drug-likeness (QED) is 0.0686. The molecule has 2 aliphatic rings. The second kappa shape index (κ2) is 14.7. The number of rotatable bonds is 15. The first-order valence-corrected chi connectivity index (χ1v) is 24.7. The maximum atomic E-state index is 12.1. The molecule has 2 fully saturated rings. The summed E-state index contributed by atoms with van der Waals surface area (Å²) in [7, 11) is -1.17. The van der Waals surface area contributed by atoms with Gasteiger partial charge in [-0.2, -0.15) is 9.61 Å². The van der Waals surface area contributed by atoms with Crippen LogP contribution in [0.2, 0.25) is 51.4 Å². The van der Waals surface area contributed by atoms with E-state index in [4.69, 9.17) is 24.3 Å². The van der Waals surface area contributed by atoms with E-state index in [0.717, 1.165) is 76.2 Å². The zero-order chi connectivity index (χ0) is 33.9. The summed E-state index contributed by atoms with van der Waals surface area (Å²) in [5.74, 6) is 2.31. The van der Waals surface area contributed by atoms with E-state index in [-0.39, 0.29) is 5.69 Å². The molecule has 9 nitrogen and oxygen atoms in total. The molecule has 0 saturated heterocycles. The lowest BCUT2D eigenvalue weighted by molar-refractivity contribution is 0.0594. The molecule has 0 N–H and O–H groups in total. The van der Waals surface area contributed by atoms with E-state index in [1.54, 1.807) is 12.3 Å². The molecule has 2 saturated carbocycles. The molecule has 0 aromatic carbocycles. The molecule has 3 heterocycles. The highest BCUT2D eigenvalue weighted by Crippen LogP contribution is 2.50. The van der Waals surface area contributed by atoms with E-state index in [9.17, 15) is 4.79 Å². The second-order valence-electron chi connectivity index (χ2n) is 16.1. The summed E-state index contributed by atoms with van der Waals surface area (Å²) in [6.45, 7) is 23.0. The van der Waals surface area contributed by atoms with Crippen molar-refractivity contribution in [2.75, 3.05) is 38.7 Å². The Balaban J connectivity index is 1.62. The largest absolute Gasteiger partial charge is 0.464 e. The number of hydrogen-bond acceptors (Lipinski definition) is 8. The number of aromatic nitrogens is 4. The number of esters is 1. The number of nitrogens with zero attached hydrogens (tertiary/aromatic N) is 5. The van der Waals surface area contributed by atoms with Crippen LogP contribution in [0.1, 0.15) is 66.7 Å². The third-order valence-corrected chi connectivity index (χ3v) is 13.0. The van der Waals surface area contributed by atoms with Crippen molar-refractivity contribution in [2.24, 2.45) is 11.8 Å². The van der Waals surface area contributed by atoms with Gasteiger partial charge in [0.2, 0.25) is 0 Å². The molecule has 0 amide bonds. The van der Waals surface area contributed by atoms with Gasteiger partial charge in [-0.05, 0) is 61.7 Å². The molecule has 0 aliphatic heterocycles. The number of carbonyl (C=O) groups excluding carboxylic acids is 1. The summed E-state index contributed by atoms with van der Waals surface area (Å²) in [5.41, 5.74) is 5.86. The Bertz CT molecular complexity index is 1530. The number of hydrogen-bond donors (Lipinski definition) is 0. The van der Waals surface area contributed by atoms with E-state index < -0.39 is 22.1 Å². The van der Waals surface area contributed by atoms with Crippen LogP contribution in [0, 0.1) is 11.8 Å². The predicted octanol–water partition coefficient (Wildman–Crippen LogP) is 8.34. The molecule has 0 spiro atoms. The summed E-state index contributed by atoms with van der Waals surface area (Å²) in [4.78, 5) is 24.1. The SMILES string of the molecule is C=C(C)c1c([C@H]2C[C@@H]3CC[C@@H](C3)C2)nc2c(-c3ccc(C(=O)OC)nc3)cnn2c1N(COCC[Si](C)(C)C)COCC[Si](C)(C)C. The Labute approximate surface area is 283 Å². The maximum absolute atomic E-state index is 12.1. The summed E-state index contributed by atoms with van der Waals surface area (Å²) in [6, 6.07) is 5.76. The van der Waals surface area contributed by atoms with Crippen LogP contribution in [0.4, 0.5) is 5.82 Å². The first-order valence-electron chi connectivity index (χ1n) is 17.3. The van der Waals surface area contributed by atoms with Gasteiger partial charge in [0, 0.05) is 58.2 Å². The Morgan fingerprint density at radius 3 is 2.09 bits per heavy atom. The van der Waals surface area contributed by atoms with Gasteiger partial charge in [0.25, 0.3) is 0 Å². The number of ether oxygens (including phenoxy) is 3. The van der Waals surface area contributed by atoms with Crippen molar-refractivity contribution in [1.29, 1.82) is 0 Å². The van der Waals surface area contributed by atoms with E-state index in [1.165, 1.54) is 26.4 Å². The third kappa shape index (κ3) is 8.79. The smallest absolute Gasteiger partial charge is 0.356 e. The average molecular weight is 678 g/mol. The van der Waals surface area contributed by atoms with Crippen LogP contribution in [0.3, 0.4) is 0 Å². The number of anilines is 1. The molecule has 47 heavy (non-hydrogen) atoms. The monoisotopic (exact) mass is 677 g/mol. The van der Waals surface area contributed by atoms with Gasteiger partial charge < -0.3 is 19.1 Å². The minimum atomic E-state index is -1.27. The van der Waals surface area contributed by atoms with E-state index >= 15 is 0 Å². The van der Waals surface area contributed by atoms with Crippen molar-refractivity contribution >= 4 is 39.2 Å². The maximum Gasteiger partial charge on any atom is 0.356 e. The lowest BCUT2D eigenvalue weighted by Gasteiger charge is -2.33. The zero-order valence-corrected chi connectivity index (χ0v) is 31.9. The Morgan fingerprint density at radius 2 is 1.57 bits per heavy atom. The van der Waals surface area contributed by atoms with Crippen LogP contribution in [0.15, 0.2) is 31.1 Å². The fourth-order valence-electron chi connectivity index (χ4n) is 6.97. The van der Waals surface area contributed by atoms with E-state index in [0.29, 0.717) is 32.6 Å². The summed E-state index contributed by atoms with van der Waals surface area (Å²) >= 11 is 0. The number of pyridine rings is 1. The van der Waals surface area contributed by atoms with Crippen LogP contribution < -0.4 is 4.90 Å². The molecular weight excluding hydrogens is 623 g/mol. The Morgan fingerprint density at radius 1 is 0.957 bits per heavy atom. The van der Waals surface area contributed by atoms with Crippen LogP contribution in [-0.2, 0) is 14.2 Å². The molecule has 0 radical (unpaired) electrons. The summed E-state index contributed by atoms with van der Waals surface area (Å²) < 4.78 is 19.7. The van der Waals surface area contributed by atoms with E-state index in [1.807, 2.05) is 16.8 Å². The van der Waals surface area contributed by atoms with Crippen molar-refractivity contribution < 1.29 is 19.0 Å². The minimum Gasteiger partial charge on any atom is -0.464 e. The standard InChI is InChI=1S/C36H55N5O4Si2/c1-25(2)32-33(29-19-26-10-11-27(18-26)20-29)39-34-30(28-12-13-31(37-21-28)36(42)43-3)22-38-41(34)35(32)40(23-44-14-16-46(4,5)6)24-45-15-17-47(7,8)9/h12-13,21-22,26-27,29H,1,10-11,14-20,23-24H2,2-9H3/t26-,27+,29+. The molecule has 2 aliphatic carbocycles. The second-order valence-corrected chi connectivity index (χ2v) is 27.4. The molecule has 3 atom stereocenters. The molecule has 5 rings (SSSR count). The van der Waals surface area contributed by atoms with Crippen molar-refractivity contribution in [3.05, 3.63) is 48.1 Å². The lowest BCUT2D eigenvalue weighted by Crippen LogP contribution is -2.34. The topological polar surface area (TPSA) is 91.1 Å². The Hall–Kier alpha value is -2.87. The molecule has 11 heteroatoms. The number of carbonyl (C=O) groups is 1. The molecule has 3 aromatic rings. The summed E-state index contributed by atoms with van der Waals surface area (Å²) in [6.07, 6.45) is 9.83. The van der Waals surface area contributed by atoms with Gasteiger partial charge in [-0.3, -0.25) is 0 Å². The highest BCUT2D eigenvalue weighted by Gasteiger charge is 2.38. The van der Waals surface area contributed by atoms with Crippen LogP contribution in [0.5, 0.6) is 0 Å². The molecular formula is C36H55N5O4Si2. The van der Waals surface area contributed by atoms with Gasteiger partial charge in [0.1, 0.15) is 25.0 Å². The molecule has 256 valence electrons. The average Bonchev–Trinajstić information content (AvgIpc) is 3.59. The first-order chi connectivity index (χ1) is 22.2. The normalized spacial score (nSPS) is 19.7. The van der Waals surface area contributed by atoms with Crippen molar-refractivity contribution in [2.45, 2.75) is 96.3 Å². The number of methoxy groups -OCH3 is 1. The molecule has 3 aromatic heterocycles. The van der Waals surface area contributed by atoms with Crippen molar-refractivity contribution in [1.82, 2.24) is 19.6 Å². The Kier molecular flexibility index (Phi) is 11.1. The van der Waals surface area contributed by atoms with Gasteiger partial charge >= 0.3 is 5.97 Å². The zero-order valence-electron chi connectivity index (χ0n) is 29.9. The predicted molar refractivity (Wildman–Crippen MR) is 195 cm³/mol. The van der Waals surface area contributed by atoms with Crippen LogP contribution >= 0.6 is 0 Å². The van der Waals surface area contributed by atoms with Crippen molar-refractivity contribution in [3.63, 3.8) is 0 Å². The number of fused-ring (bicyclic) bond motifs is 3. The van der Waals surface area contributed by atoms with Gasteiger partial charge in [0.15, 0.2) is 5.65 Å². The molecule has 2 bridgehead atoms. The van der Waals surface area contributed by atoms with Crippen LogP contribution in [-0.4, -0.2) is 75.5 Å². The summed E-state index contributed by atoms with van der Waals surface area (Å²) in [5, 5.41) is 4.95. The minimum absolute atomic E-state index is 0.265. The van der Waals surface area contributed by atoms with Gasteiger partial charge in [-0.25, -0.2) is 14.8 Å². The number of allylic oxidation sites excluding steroid dienone is 1. The van der Waals surface area contributed by atoms with Crippen LogP contribution in [0.25, 0.3) is 22.3 Å². The van der Waals surface area contributed by atoms with Gasteiger partial charge in [-0.1, -0.05) is 64.8 Å². The van der Waals surface area contributed by atoms with Gasteiger partial charge in [-0.15, -0.1) is 0 Å². The lowest BCUT2D eigenvalue weighted by atomic mass is 9.77. The highest BCUT2D eigenvalue weighted by atomic mass is 28.3. The fourth-order valence-corrected chi connectivity index (χ4v) is 8.48. The third-order valence-electron chi connectivity index (χ3n) is 9.61. The van der Waals surface area contributed by atoms with Gasteiger partial charge in [0.05, 0.1) is 19.0 Å². The highest BCUT2D eigenvalue weighted by molar-refractivity contribution is 6.76.